The second kappa shape index (κ2) is 4.59. The van der Waals surface area contributed by atoms with Crippen molar-refractivity contribution < 1.29 is 4.79 Å². The van der Waals surface area contributed by atoms with E-state index >= 15 is 0 Å². The zero-order valence-electron chi connectivity index (χ0n) is 9.57. The maximum atomic E-state index is 11.2. The maximum absolute atomic E-state index is 11.2. The number of amides is 1. The number of carbonyl (C=O) groups is 1. The highest BCUT2D eigenvalue weighted by Crippen LogP contribution is 2.35. The number of carbonyl (C=O) groups excluding carboxylic acids is 1. The Balaban J connectivity index is 2.53. The summed E-state index contributed by atoms with van der Waals surface area (Å²) >= 11 is 1.40. The molecule has 1 heterocycles. The lowest BCUT2D eigenvalue weighted by atomic mass is 10.0. The zero-order chi connectivity index (χ0) is 12.4. The number of hydrogen-bond acceptors (Lipinski definition) is 3. The van der Waals surface area contributed by atoms with Gasteiger partial charge >= 0.3 is 0 Å². The molecule has 0 aliphatic carbocycles. The fourth-order valence-electron chi connectivity index (χ4n) is 1.80. The van der Waals surface area contributed by atoms with E-state index in [0.29, 0.717) is 10.6 Å². The van der Waals surface area contributed by atoms with Crippen molar-refractivity contribution in [3.05, 3.63) is 41.5 Å². The lowest BCUT2D eigenvalue weighted by molar-refractivity contribution is 0.100. The molecule has 88 valence electrons. The van der Waals surface area contributed by atoms with Crippen molar-refractivity contribution in [2.75, 3.05) is 5.73 Å². The second-order valence-electron chi connectivity index (χ2n) is 3.76. The van der Waals surface area contributed by atoms with Crippen LogP contribution in [0.2, 0.25) is 0 Å². The van der Waals surface area contributed by atoms with Crippen molar-refractivity contribution in [3.63, 3.8) is 0 Å². The summed E-state index contributed by atoms with van der Waals surface area (Å²) in [6, 6.07) is 9.88. The molecule has 0 aliphatic heterocycles. The first-order valence-electron chi connectivity index (χ1n) is 5.41. The third-order valence-corrected chi connectivity index (χ3v) is 3.69. The van der Waals surface area contributed by atoms with E-state index in [0.717, 1.165) is 16.9 Å². The Morgan fingerprint density at radius 1 is 1.35 bits per heavy atom. The Labute approximate surface area is 104 Å². The molecule has 3 nitrogen and oxygen atoms in total. The van der Waals surface area contributed by atoms with Crippen molar-refractivity contribution in [2.24, 2.45) is 5.73 Å². The molecule has 2 rings (SSSR count). The molecule has 0 bridgehead atoms. The Bertz CT molecular complexity index is 560. The van der Waals surface area contributed by atoms with Gasteiger partial charge in [0.25, 0.3) is 5.91 Å². The van der Waals surface area contributed by atoms with E-state index < -0.39 is 5.91 Å². The van der Waals surface area contributed by atoms with Crippen LogP contribution < -0.4 is 11.5 Å². The molecular formula is C13H14N2OS. The van der Waals surface area contributed by atoms with E-state index in [4.69, 9.17) is 11.5 Å². The summed E-state index contributed by atoms with van der Waals surface area (Å²) < 4.78 is 0. The van der Waals surface area contributed by atoms with Crippen molar-refractivity contribution in [3.8, 4) is 10.4 Å². The molecule has 0 spiro atoms. The lowest BCUT2D eigenvalue weighted by Crippen LogP contribution is -2.11. The summed E-state index contributed by atoms with van der Waals surface area (Å²) in [5.74, 6) is -0.473. The molecule has 0 unspecified atom stereocenters. The van der Waals surface area contributed by atoms with Gasteiger partial charge in [0.1, 0.15) is 0 Å². The van der Waals surface area contributed by atoms with Crippen LogP contribution in [0.25, 0.3) is 10.4 Å². The molecule has 1 aromatic heterocycles. The lowest BCUT2D eigenvalue weighted by Gasteiger charge is -2.04. The van der Waals surface area contributed by atoms with E-state index in [-0.39, 0.29) is 0 Å². The molecule has 0 radical (unpaired) electrons. The van der Waals surface area contributed by atoms with Crippen LogP contribution in [-0.4, -0.2) is 5.91 Å². The van der Waals surface area contributed by atoms with Crippen LogP contribution in [-0.2, 0) is 6.42 Å². The van der Waals surface area contributed by atoms with Crippen molar-refractivity contribution in [1.29, 1.82) is 0 Å². The van der Waals surface area contributed by atoms with Crippen LogP contribution in [0, 0.1) is 0 Å². The number of nitrogens with two attached hydrogens (primary N) is 2. The van der Waals surface area contributed by atoms with Crippen LogP contribution in [0.3, 0.4) is 0 Å². The number of hydrogen-bond donors (Lipinski definition) is 2. The maximum Gasteiger partial charge on any atom is 0.251 e. The van der Waals surface area contributed by atoms with Gasteiger partial charge in [-0.2, -0.15) is 0 Å². The minimum atomic E-state index is -0.473. The van der Waals surface area contributed by atoms with E-state index in [1.165, 1.54) is 16.9 Å². The van der Waals surface area contributed by atoms with Gasteiger partial charge in [0.05, 0.1) is 10.6 Å². The quantitative estimate of drug-likeness (QED) is 0.874. The molecular weight excluding hydrogens is 232 g/mol. The summed E-state index contributed by atoms with van der Waals surface area (Å²) in [6.45, 7) is 2.10. The minimum Gasteiger partial charge on any atom is -0.390 e. The smallest absolute Gasteiger partial charge is 0.251 e. The average molecular weight is 246 g/mol. The molecule has 2 aromatic rings. The third kappa shape index (κ3) is 2.17. The Kier molecular flexibility index (Phi) is 3.15. The second-order valence-corrected chi connectivity index (χ2v) is 4.85. The van der Waals surface area contributed by atoms with Crippen LogP contribution in [0.1, 0.15) is 22.8 Å². The first-order valence-corrected chi connectivity index (χ1v) is 6.22. The number of rotatable bonds is 3. The molecule has 1 aromatic carbocycles. The van der Waals surface area contributed by atoms with Crippen molar-refractivity contribution in [2.45, 2.75) is 13.3 Å². The van der Waals surface area contributed by atoms with Gasteiger partial charge in [0, 0.05) is 4.88 Å². The fourth-order valence-corrected chi connectivity index (χ4v) is 2.79. The molecule has 0 saturated heterocycles. The van der Waals surface area contributed by atoms with E-state index in [9.17, 15) is 4.79 Å². The number of aryl methyl sites for hydroxylation is 1. The molecule has 0 atom stereocenters. The van der Waals surface area contributed by atoms with Crippen LogP contribution in [0.4, 0.5) is 5.00 Å². The van der Waals surface area contributed by atoms with Gasteiger partial charge in [-0.25, -0.2) is 0 Å². The summed E-state index contributed by atoms with van der Waals surface area (Å²) in [5, 5.41) is 0.485. The van der Waals surface area contributed by atoms with Crippen LogP contribution in [0.5, 0.6) is 0 Å². The normalized spacial score (nSPS) is 10.4. The van der Waals surface area contributed by atoms with E-state index in [1.807, 2.05) is 18.2 Å². The van der Waals surface area contributed by atoms with Gasteiger partial charge in [-0.1, -0.05) is 31.2 Å². The summed E-state index contributed by atoms with van der Waals surface area (Å²) in [6.07, 6.45) is 0.944. The Morgan fingerprint density at radius 3 is 2.65 bits per heavy atom. The standard InChI is InChI=1S/C13H14N2OS/c1-2-8-5-3-4-6-9(8)11-7-10(12(14)16)13(15)17-11/h3-7H,2,15H2,1H3,(H2,14,16). The summed E-state index contributed by atoms with van der Waals surface area (Å²) in [5.41, 5.74) is 13.8. The zero-order valence-corrected chi connectivity index (χ0v) is 10.4. The number of thiophene rings is 1. The predicted octanol–water partition coefficient (Wildman–Crippen LogP) is 2.66. The number of primary amides is 1. The summed E-state index contributed by atoms with van der Waals surface area (Å²) in [4.78, 5) is 12.2. The van der Waals surface area contributed by atoms with Gasteiger partial charge in [-0.05, 0) is 23.6 Å². The van der Waals surface area contributed by atoms with Gasteiger partial charge < -0.3 is 11.5 Å². The van der Waals surface area contributed by atoms with E-state index in [2.05, 4.69) is 13.0 Å². The largest absolute Gasteiger partial charge is 0.390 e. The average Bonchev–Trinajstić information content (AvgIpc) is 2.71. The minimum absolute atomic E-state index is 0.413. The summed E-state index contributed by atoms with van der Waals surface area (Å²) in [7, 11) is 0. The molecule has 0 fully saturated rings. The van der Waals surface area contributed by atoms with Gasteiger partial charge in [-0.3, -0.25) is 4.79 Å². The third-order valence-electron chi connectivity index (χ3n) is 2.69. The molecule has 0 saturated carbocycles. The number of benzene rings is 1. The highest BCUT2D eigenvalue weighted by molar-refractivity contribution is 7.19. The molecule has 4 N–H and O–H groups in total. The highest BCUT2D eigenvalue weighted by Gasteiger charge is 2.13. The highest BCUT2D eigenvalue weighted by atomic mass is 32.1. The SMILES string of the molecule is CCc1ccccc1-c1cc(C(N)=O)c(N)s1. The number of nitrogen functional groups attached to an aromatic ring is 1. The van der Waals surface area contributed by atoms with Crippen LogP contribution in [0.15, 0.2) is 30.3 Å². The van der Waals surface area contributed by atoms with Gasteiger partial charge in [0.2, 0.25) is 0 Å². The van der Waals surface area contributed by atoms with E-state index in [1.54, 1.807) is 6.07 Å². The fraction of sp³-hybridized carbons (Fsp3) is 0.154. The molecule has 4 heteroatoms. The molecule has 0 aliphatic rings. The van der Waals surface area contributed by atoms with Gasteiger partial charge in [0.15, 0.2) is 0 Å². The number of anilines is 1. The molecule has 17 heavy (non-hydrogen) atoms. The molecule has 1 amide bonds. The first kappa shape index (κ1) is 11.7. The van der Waals surface area contributed by atoms with Crippen molar-refractivity contribution >= 4 is 22.2 Å². The Hall–Kier alpha value is -1.81. The predicted molar refractivity (Wildman–Crippen MR) is 72.1 cm³/mol. The first-order chi connectivity index (χ1) is 8.13. The topological polar surface area (TPSA) is 69.1 Å². The van der Waals surface area contributed by atoms with Crippen molar-refractivity contribution in [1.82, 2.24) is 0 Å². The Morgan fingerprint density at radius 2 is 2.06 bits per heavy atom. The van der Waals surface area contributed by atoms with Crippen LogP contribution >= 0.6 is 11.3 Å². The van der Waals surface area contributed by atoms with Gasteiger partial charge in [-0.15, -0.1) is 11.3 Å². The monoisotopic (exact) mass is 246 g/mol.